The third-order valence-corrected chi connectivity index (χ3v) is 2.29. The molecule has 0 radical (unpaired) electrons. The molecule has 1 atom stereocenters. The first-order chi connectivity index (χ1) is 6.31. The van der Waals surface area contributed by atoms with E-state index in [1.54, 1.807) is 6.20 Å². The topological polar surface area (TPSA) is 51.3 Å². The highest BCUT2D eigenvalue weighted by Gasteiger charge is 2.13. The molecular formula is C10H13N3. The summed E-state index contributed by atoms with van der Waals surface area (Å²) < 4.78 is 0. The summed E-state index contributed by atoms with van der Waals surface area (Å²) in [4.78, 5) is 8.55. The lowest BCUT2D eigenvalue weighted by Crippen LogP contribution is -2.09. The molecule has 2 heterocycles. The second kappa shape index (κ2) is 3.26. The van der Waals surface area contributed by atoms with Gasteiger partial charge in [0.2, 0.25) is 0 Å². The van der Waals surface area contributed by atoms with Crippen molar-refractivity contribution in [2.24, 2.45) is 16.6 Å². The van der Waals surface area contributed by atoms with Crippen molar-refractivity contribution in [2.45, 2.75) is 19.9 Å². The molecule has 1 unspecified atom stereocenters. The van der Waals surface area contributed by atoms with Crippen LogP contribution >= 0.6 is 0 Å². The minimum atomic E-state index is 0.516. The van der Waals surface area contributed by atoms with Gasteiger partial charge in [-0.3, -0.25) is 9.98 Å². The zero-order valence-electron chi connectivity index (χ0n) is 7.70. The molecule has 0 fully saturated rings. The second-order valence-corrected chi connectivity index (χ2v) is 3.47. The summed E-state index contributed by atoms with van der Waals surface area (Å²) >= 11 is 0. The predicted molar refractivity (Wildman–Crippen MR) is 53.1 cm³/mol. The standard InChI is InChI=1S/C10H13N3/c1-7-2-8-5-12-6-9(3-11)10(8)13-4-7/h4-7H,2-3,11H2,1H3. The molecule has 0 aliphatic carbocycles. The van der Waals surface area contributed by atoms with E-state index in [2.05, 4.69) is 16.9 Å². The number of hydrogen-bond donors (Lipinski definition) is 1. The van der Waals surface area contributed by atoms with Crippen molar-refractivity contribution in [1.29, 1.82) is 0 Å². The normalized spacial score (nSPS) is 20.0. The summed E-state index contributed by atoms with van der Waals surface area (Å²) in [5.41, 5.74) is 8.89. The Morgan fingerprint density at radius 2 is 2.38 bits per heavy atom. The van der Waals surface area contributed by atoms with Crippen LogP contribution in [0.3, 0.4) is 0 Å². The summed E-state index contributed by atoms with van der Waals surface area (Å²) in [6.07, 6.45) is 6.70. The third kappa shape index (κ3) is 1.47. The molecule has 1 aromatic heterocycles. The van der Waals surface area contributed by atoms with Crippen molar-refractivity contribution < 1.29 is 0 Å². The van der Waals surface area contributed by atoms with E-state index in [1.165, 1.54) is 5.56 Å². The first kappa shape index (κ1) is 8.38. The van der Waals surface area contributed by atoms with Gasteiger partial charge < -0.3 is 5.73 Å². The van der Waals surface area contributed by atoms with Crippen molar-refractivity contribution in [3.8, 4) is 0 Å². The predicted octanol–water partition coefficient (Wildman–Crippen LogP) is 1.43. The Kier molecular flexibility index (Phi) is 2.10. The van der Waals surface area contributed by atoms with E-state index in [0.717, 1.165) is 17.7 Å². The number of aliphatic imine (C=N–C) groups is 1. The van der Waals surface area contributed by atoms with E-state index in [4.69, 9.17) is 5.73 Å². The number of pyridine rings is 1. The van der Waals surface area contributed by atoms with Crippen molar-refractivity contribution >= 4 is 11.9 Å². The van der Waals surface area contributed by atoms with Gasteiger partial charge in [-0.1, -0.05) is 6.92 Å². The van der Waals surface area contributed by atoms with Gasteiger partial charge in [-0.05, 0) is 17.9 Å². The fourth-order valence-electron chi connectivity index (χ4n) is 1.61. The molecule has 1 aromatic rings. The molecule has 1 aliphatic rings. The van der Waals surface area contributed by atoms with Crippen LogP contribution in [-0.2, 0) is 13.0 Å². The maximum atomic E-state index is 5.59. The van der Waals surface area contributed by atoms with Crippen LogP contribution in [-0.4, -0.2) is 11.2 Å². The van der Waals surface area contributed by atoms with E-state index in [0.29, 0.717) is 12.5 Å². The van der Waals surface area contributed by atoms with Crippen LogP contribution in [0.4, 0.5) is 5.69 Å². The first-order valence-electron chi connectivity index (χ1n) is 4.51. The van der Waals surface area contributed by atoms with Crippen molar-refractivity contribution in [3.63, 3.8) is 0 Å². The van der Waals surface area contributed by atoms with Crippen molar-refractivity contribution in [3.05, 3.63) is 23.5 Å². The summed E-state index contributed by atoms with van der Waals surface area (Å²) in [6.45, 7) is 2.67. The second-order valence-electron chi connectivity index (χ2n) is 3.47. The Morgan fingerprint density at radius 1 is 1.54 bits per heavy atom. The Bertz CT molecular complexity index is 344. The summed E-state index contributed by atoms with van der Waals surface area (Å²) in [6, 6.07) is 0. The minimum Gasteiger partial charge on any atom is -0.326 e. The summed E-state index contributed by atoms with van der Waals surface area (Å²) in [5, 5.41) is 0. The van der Waals surface area contributed by atoms with Crippen molar-refractivity contribution in [2.75, 3.05) is 0 Å². The van der Waals surface area contributed by atoms with E-state index in [9.17, 15) is 0 Å². The van der Waals surface area contributed by atoms with Crippen LogP contribution in [0.1, 0.15) is 18.1 Å². The first-order valence-corrected chi connectivity index (χ1v) is 4.51. The highest BCUT2D eigenvalue weighted by atomic mass is 14.8. The quantitative estimate of drug-likeness (QED) is 0.702. The molecule has 2 rings (SSSR count). The molecule has 2 N–H and O–H groups in total. The number of fused-ring (bicyclic) bond motifs is 1. The third-order valence-electron chi connectivity index (χ3n) is 2.29. The Morgan fingerprint density at radius 3 is 3.15 bits per heavy atom. The lowest BCUT2D eigenvalue weighted by Gasteiger charge is -2.16. The number of aromatic nitrogens is 1. The number of hydrogen-bond acceptors (Lipinski definition) is 3. The van der Waals surface area contributed by atoms with Crippen LogP contribution in [0.15, 0.2) is 17.4 Å². The lowest BCUT2D eigenvalue weighted by atomic mass is 9.98. The molecule has 0 saturated carbocycles. The summed E-state index contributed by atoms with van der Waals surface area (Å²) in [7, 11) is 0. The van der Waals surface area contributed by atoms with Gasteiger partial charge in [0.1, 0.15) is 0 Å². The van der Waals surface area contributed by atoms with Crippen LogP contribution in [0.5, 0.6) is 0 Å². The Hall–Kier alpha value is -1.22. The number of rotatable bonds is 1. The molecule has 3 heteroatoms. The molecule has 0 saturated heterocycles. The average Bonchev–Trinajstić information content (AvgIpc) is 2.16. The smallest absolute Gasteiger partial charge is 0.0733 e. The zero-order valence-corrected chi connectivity index (χ0v) is 7.70. The van der Waals surface area contributed by atoms with Gasteiger partial charge in [0.05, 0.1) is 5.69 Å². The van der Waals surface area contributed by atoms with Gasteiger partial charge in [0, 0.05) is 30.7 Å². The maximum Gasteiger partial charge on any atom is 0.0733 e. The van der Waals surface area contributed by atoms with Gasteiger partial charge in [-0.2, -0.15) is 0 Å². The Balaban J connectivity index is 2.49. The highest BCUT2D eigenvalue weighted by molar-refractivity contribution is 5.72. The maximum absolute atomic E-state index is 5.59. The van der Waals surface area contributed by atoms with Crippen LogP contribution in [0.25, 0.3) is 0 Å². The summed E-state index contributed by atoms with van der Waals surface area (Å²) in [5.74, 6) is 0.516. The fraction of sp³-hybridized carbons (Fsp3) is 0.400. The molecule has 3 nitrogen and oxygen atoms in total. The zero-order chi connectivity index (χ0) is 9.26. The van der Waals surface area contributed by atoms with Gasteiger partial charge in [0.15, 0.2) is 0 Å². The van der Waals surface area contributed by atoms with E-state index >= 15 is 0 Å². The largest absolute Gasteiger partial charge is 0.326 e. The van der Waals surface area contributed by atoms with Crippen LogP contribution < -0.4 is 5.73 Å². The molecule has 0 bridgehead atoms. The molecule has 1 aliphatic heterocycles. The minimum absolute atomic E-state index is 0.516. The van der Waals surface area contributed by atoms with Gasteiger partial charge in [-0.25, -0.2) is 0 Å². The Labute approximate surface area is 77.7 Å². The van der Waals surface area contributed by atoms with Gasteiger partial charge in [0.25, 0.3) is 0 Å². The molecule has 0 amide bonds. The number of nitrogens with zero attached hydrogens (tertiary/aromatic N) is 2. The SMILES string of the molecule is CC1C=Nc2c(CN)cncc2C1. The van der Waals surface area contributed by atoms with E-state index in [1.807, 2.05) is 12.4 Å². The molecule has 13 heavy (non-hydrogen) atoms. The molecule has 0 spiro atoms. The average molecular weight is 175 g/mol. The van der Waals surface area contributed by atoms with Gasteiger partial charge in [-0.15, -0.1) is 0 Å². The molecule has 68 valence electrons. The van der Waals surface area contributed by atoms with Crippen LogP contribution in [0, 0.1) is 5.92 Å². The molecule has 0 aromatic carbocycles. The molecular weight excluding hydrogens is 162 g/mol. The van der Waals surface area contributed by atoms with E-state index < -0.39 is 0 Å². The monoisotopic (exact) mass is 175 g/mol. The number of nitrogens with two attached hydrogens (primary N) is 1. The lowest BCUT2D eigenvalue weighted by molar-refractivity contribution is 0.764. The van der Waals surface area contributed by atoms with Crippen LogP contribution in [0.2, 0.25) is 0 Å². The highest BCUT2D eigenvalue weighted by Crippen LogP contribution is 2.28. The van der Waals surface area contributed by atoms with E-state index in [-0.39, 0.29) is 0 Å². The van der Waals surface area contributed by atoms with Gasteiger partial charge >= 0.3 is 0 Å². The van der Waals surface area contributed by atoms with Crippen molar-refractivity contribution in [1.82, 2.24) is 4.98 Å². The fourth-order valence-corrected chi connectivity index (χ4v) is 1.61.